The molecule has 1 aliphatic rings. The highest BCUT2D eigenvalue weighted by molar-refractivity contribution is 5.83. The van der Waals surface area contributed by atoms with Gasteiger partial charge >= 0.3 is 5.97 Å². The standard InChI is InChI=1S/C16H23NO2/c1-4-19-15(18)16(12(2)3,17-14-10-11-14)13-8-6-5-7-9-13/h5-9,12,14,17H,4,10-11H2,1-3H3. The minimum absolute atomic E-state index is 0.134. The Bertz CT molecular complexity index is 426. The number of hydrogen-bond acceptors (Lipinski definition) is 3. The minimum atomic E-state index is -0.724. The molecule has 0 heterocycles. The van der Waals surface area contributed by atoms with E-state index >= 15 is 0 Å². The Hall–Kier alpha value is -1.35. The van der Waals surface area contributed by atoms with Gasteiger partial charge in [0.15, 0.2) is 0 Å². The lowest BCUT2D eigenvalue weighted by atomic mass is 9.79. The predicted molar refractivity (Wildman–Crippen MR) is 75.7 cm³/mol. The molecule has 0 amide bonds. The highest BCUT2D eigenvalue weighted by Crippen LogP contribution is 2.35. The second-order valence-electron chi connectivity index (χ2n) is 5.47. The van der Waals surface area contributed by atoms with Gasteiger partial charge in [-0.3, -0.25) is 5.32 Å². The molecule has 0 saturated heterocycles. The zero-order valence-corrected chi connectivity index (χ0v) is 12.0. The predicted octanol–water partition coefficient (Wildman–Crippen LogP) is 2.85. The fraction of sp³-hybridized carbons (Fsp3) is 0.562. The van der Waals surface area contributed by atoms with Crippen molar-refractivity contribution in [3.05, 3.63) is 35.9 Å². The normalized spacial score (nSPS) is 18.1. The van der Waals surface area contributed by atoms with Gasteiger partial charge in [0.2, 0.25) is 0 Å². The molecule has 0 aromatic heterocycles. The maximum Gasteiger partial charge on any atom is 0.331 e. The van der Waals surface area contributed by atoms with E-state index in [0.717, 1.165) is 18.4 Å². The maximum absolute atomic E-state index is 12.6. The van der Waals surface area contributed by atoms with Crippen molar-refractivity contribution >= 4 is 5.97 Å². The molecule has 1 unspecified atom stereocenters. The first kappa shape index (κ1) is 14.1. The highest BCUT2D eigenvalue weighted by atomic mass is 16.5. The Kier molecular flexibility index (Phi) is 4.25. The second-order valence-corrected chi connectivity index (χ2v) is 5.47. The topological polar surface area (TPSA) is 38.3 Å². The van der Waals surface area contributed by atoms with Crippen molar-refractivity contribution in [1.82, 2.24) is 5.32 Å². The van der Waals surface area contributed by atoms with E-state index < -0.39 is 5.54 Å². The van der Waals surface area contributed by atoms with E-state index in [1.54, 1.807) is 0 Å². The van der Waals surface area contributed by atoms with Gasteiger partial charge in [-0.2, -0.15) is 0 Å². The Morgan fingerprint density at radius 2 is 2.00 bits per heavy atom. The van der Waals surface area contributed by atoms with Gasteiger partial charge in [0.1, 0.15) is 5.54 Å². The molecule has 3 nitrogen and oxygen atoms in total. The average molecular weight is 261 g/mol. The van der Waals surface area contributed by atoms with E-state index in [4.69, 9.17) is 4.74 Å². The summed E-state index contributed by atoms with van der Waals surface area (Å²) in [6.45, 7) is 6.40. The van der Waals surface area contributed by atoms with Gasteiger partial charge in [-0.05, 0) is 31.2 Å². The first-order valence-electron chi connectivity index (χ1n) is 7.11. The van der Waals surface area contributed by atoms with Crippen LogP contribution in [0.3, 0.4) is 0 Å². The summed E-state index contributed by atoms with van der Waals surface area (Å²) < 4.78 is 5.35. The van der Waals surface area contributed by atoms with Crippen molar-refractivity contribution < 1.29 is 9.53 Å². The number of nitrogens with one attached hydrogen (secondary N) is 1. The van der Waals surface area contributed by atoms with Crippen molar-refractivity contribution in [2.45, 2.75) is 45.2 Å². The zero-order chi connectivity index (χ0) is 13.9. The van der Waals surface area contributed by atoms with Crippen molar-refractivity contribution in [1.29, 1.82) is 0 Å². The van der Waals surface area contributed by atoms with Crippen molar-refractivity contribution in [2.24, 2.45) is 5.92 Å². The number of carbonyl (C=O) groups excluding carboxylic acids is 1. The molecule has 0 spiro atoms. The van der Waals surface area contributed by atoms with Gasteiger partial charge in [0.25, 0.3) is 0 Å². The lowest BCUT2D eigenvalue weighted by molar-refractivity contribution is -0.154. The Labute approximate surface area is 115 Å². The SMILES string of the molecule is CCOC(=O)C(NC1CC1)(c1ccccc1)C(C)C. The number of carbonyl (C=O) groups is 1. The molecule has 1 aromatic rings. The number of ether oxygens (including phenoxy) is 1. The molecule has 1 aliphatic carbocycles. The molecule has 104 valence electrons. The van der Waals surface area contributed by atoms with E-state index in [9.17, 15) is 4.79 Å². The third-order valence-electron chi connectivity index (χ3n) is 3.70. The van der Waals surface area contributed by atoms with Crippen LogP contribution in [0.15, 0.2) is 30.3 Å². The average Bonchev–Trinajstić information content (AvgIpc) is 3.20. The molecule has 0 aliphatic heterocycles. The zero-order valence-electron chi connectivity index (χ0n) is 12.0. The molecule has 1 atom stereocenters. The molecule has 2 rings (SSSR count). The summed E-state index contributed by atoms with van der Waals surface area (Å²) in [5.74, 6) is -0.0300. The number of benzene rings is 1. The summed E-state index contributed by atoms with van der Waals surface area (Å²) in [6.07, 6.45) is 2.28. The molecule has 19 heavy (non-hydrogen) atoms. The number of rotatable bonds is 6. The first-order valence-corrected chi connectivity index (χ1v) is 7.11. The van der Waals surface area contributed by atoms with Crippen LogP contribution < -0.4 is 5.32 Å². The third kappa shape index (κ3) is 2.81. The molecule has 1 saturated carbocycles. The van der Waals surface area contributed by atoms with Gasteiger partial charge in [-0.1, -0.05) is 44.2 Å². The van der Waals surface area contributed by atoms with Gasteiger partial charge in [0.05, 0.1) is 6.61 Å². The molecule has 3 heteroatoms. The van der Waals surface area contributed by atoms with Gasteiger partial charge in [0, 0.05) is 6.04 Å². The quantitative estimate of drug-likeness (QED) is 0.800. The third-order valence-corrected chi connectivity index (χ3v) is 3.70. The van der Waals surface area contributed by atoms with Crippen LogP contribution in [0.2, 0.25) is 0 Å². The van der Waals surface area contributed by atoms with Crippen molar-refractivity contribution in [2.75, 3.05) is 6.61 Å². The Balaban J connectivity index is 2.41. The lowest BCUT2D eigenvalue weighted by Gasteiger charge is -2.36. The molecular weight excluding hydrogens is 238 g/mol. The molecule has 0 radical (unpaired) electrons. The largest absolute Gasteiger partial charge is 0.464 e. The molecule has 1 fully saturated rings. The summed E-state index contributed by atoms with van der Waals surface area (Å²) >= 11 is 0. The minimum Gasteiger partial charge on any atom is -0.464 e. The van der Waals surface area contributed by atoms with Crippen molar-refractivity contribution in [3.8, 4) is 0 Å². The Morgan fingerprint density at radius 3 is 2.47 bits per heavy atom. The van der Waals surface area contributed by atoms with Crippen LogP contribution in [0.4, 0.5) is 0 Å². The van der Waals surface area contributed by atoms with Crippen LogP contribution in [0.5, 0.6) is 0 Å². The van der Waals surface area contributed by atoms with Crippen LogP contribution in [-0.4, -0.2) is 18.6 Å². The summed E-state index contributed by atoms with van der Waals surface area (Å²) in [4.78, 5) is 12.6. The molecule has 1 N–H and O–H groups in total. The van der Waals surface area contributed by atoms with Crippen LogP contribution in [0, 0.1) is 5.92 Å². The number of hydrogen-bond donors (Lipinski definition) is 1. The van der Waals surface area contributed by atoms with Gasteiger partial charge < -0.3 is 4.74 Å². The van der Waals surface area contributed by atoms with Crippen molar-refractivity contribution in [3.63, 3.8) is 0 Å². The summed E-state index contributed by atoms with van der Waals surface area (Å²) in [5, 5.41) is 3.53. The van der Waals surface area contributed by atoms with Gasteiger partial charge in [-0.25, -0.2) is 4.79 Å². The van der Waals surface area contributed by atoms with Crippen LogP contribution in [-0.2, 0) is 15.1 Å². The summed E-state index contributed by atoms with van der Waals surface area (Å²) in [6, 6.07) is 10.4. The smallest absolute Gasteiger partial charge is 0.331 e. The number of esters is 1. The highest BCUT2D eigenvalue weighted by Gasteiger charge is 2.47. The summed E-state index contributed by atoms with van der Waals surface area (Å²) in [5.41, 5.74) is 0.272. The van der Waals surface area contributed by atoms with Crippen LogP contribution in [0.1, 0.15) is 39.2 Å². The molecule has 0 bridgehead atoms. The second kappa shape index (κ2) is 5.74. The summed E-state index contributed by atoms with van der Waals surface area (Å²) in [7, 11) is 0. The van der Waals surface area contributed by atoms with E-state index in [2.05, 4.69) is 19.2 Å². The van der Waals surface area contributed by atoms with E-state index in [-0.39, 0.29) is 11.9 Å². The van der Waals surface area contributed by atoms with E-state index in [1.807, 2.05) is 37.3 Å². The van der Waals surface area contributed by atoms with E-state index in [1.165, 1.54) is 0 Å². The molecular formula is C16H23NO2. The monoisotopic (exact) mass is 261 g/mol. The fourth-order valence-corrected chi connectivity index (χ4v) is 2.49. The van der Waals surface area contributed by atoms with E-state index in [0.29, 0.717) is 12.6 Å². The maximum atomic E-state index is 12.6. The Morgan fingerprint density at radius 1 is 1.37 bits per heavy atom. The molecule has 1 aromatic carbocycles. The first-order chi connectivity index (χ1) is 9.11. The fourth-order valence-electron chi connectivity index (χ4n) is 2.49. The van der Waals surface area contributed by atoms with Crippen LogP contribution >= 0.6 is 0 Å². The lowest BCUT2D eigenvalue weighted by Crippen LogP contribution is -2.54. The van der Waals surface area contributed by atoms with Crippen LogP contribution in [0.25, 0.3) is 0 Å². The van der Waals surface area contributed by atoms with Gasteiger partial charge in [-0.15, -0.1) is 0 Å².